The van der Waals surface area contributed by atoms with Gasteiger partial charge in [0.1, 0.15) is 22.3 Å². The third kappa shape index (κ3) is 4.53. The first-order valence-corrected chi connectivity index (χ1v) is 17.3. The number of rotatable bonds is 4. The van der Waals surface area contributed by atoms with Gasteiger partial charge in [0.2, 0.25) is 0 Å². The molecule has 11 aromatic rings. The fourth-order valence-corrected chi connectivity index (χ4v) is 7.55. The Morgan fingerprint density at radius 2 is 0.846 bits per heavy atom. The van der Waals surface area contributed by atoms with E-state index in [0.717, 1.165) is 82.5 Å². The summed E-state index contributed by atoms with van der Waals surface area (Å²) in [5, 5.41) is 8.77. The Hall–Kier alpha value is -7.11. The van der Waals surface area contributed by atoms with Crippen LogP contribution in [0.1, 0.15) is 0 Å². The van der Waals surface area contributed by atoms with E-state index in [4.69, 9.17) is 23.8 Å². The Labute approximate surface area is 297 Å². The second-order valence-corrected chi connectivity index (χ2v) is 13.2. The molecule has 3 heterocycles. The minimum Gasteiger partial charge on any atom is -0.456 e. The molecule has 0 unspecified atom stereocenters. The summed E-state index contributed by atoms with van der Waals surface area (Å²) in [5.41, 5.74) is 7.98. The molecule has 0 aliphatic rings. The fraction of sp³-hybridized carbons (Fsp3) is 0. The Bertz CT molecular complexity index is 3210. The summed E-state index contributed by atoms with van der Waals surface area (Å²) in [6, 6.07) is 56.4. The van der Waals surface area contributed by atoms with Crippen LogP contribution in [-0.4, -0.2) is 15.0 Å². The lowest BCUT2D eigenvalue weighted by Gasteiger charge is -2.11. The lowest BCUT2D eigenvalue weighted by Crippen LogP contribution is -2.00. The zero-order chi connectivity index (χ0) is 34.2. The number of fused-ring (bicyclic) bond motifs is 8. The van der Waals surface area contributed by atoms with Gasteiger partial charge in [-0.2, -0.15) is 0 Å². The van der Waals surface area contributed by atoms with Crippen LogP contribution in [0.2, 0.25) is 0 Å². The van der Waals surface area contributed by atoms with Crippen molar-refractivity contribution in [2.45, 2.75) is 0 Å². The van der Waals surface area contributed by atoms with Crippen LogP contribution in [0.15, 0.2) is 173 Å². The van der Waals surface area contributed by atoms with E-state index in [1.54, 1.807) is 0 Å². The molecule has 8 aromatic carbocycles. The smallest absolute Gasteiger partial charge is 0.164 e. The van der Waals surface area contributed by atoms with Crippen LogP contribution in [-0.2, 0) is 0 Å². The van der Waals surface area contributed by atoms with Gasteiger partial charge in [-0.25, -0.2) is 15.0 Å². The maximum absolute atomic E-state index is 6.68. The van der Waals surface area contributed by atoms with Crippen LogP contribution in [0.25, 0.3) is 111 Å². The van der Waals surface area contributed by atoms with E-state index in [2.05, 4.69) is 121 Å². The van der Waals surface area contributed by atoms with Crippen LogP contribution < -0.4 is 0 Å². The van der Waals surface area contributed by atoms with E-state index in [0.29, 0.717) is 17.5 Å². The second kappa shape index (κ2) is 11.2. The summed E-state index contributed by atoms with van der Waals surface area (Å²) in [7, 11) is 0. The van der Waals surface area contributed by atoms with Gasteiger partial charge in [0.15, 0.2) is 17.5 Å². The highest BCUT2D eigenvalue weighted by atomic mass is 16.3. The number of benzene rings is 8. The van der Waals surface area contributed by atoms with Crippen molar-refractivity contribution in [2.24, 2.45) is 0 Å². The van der Waals surface area contributed by atoms with Gasteiger partial charge in [-0.05, 0) is 75.6 Å². The van der Waals surface area contributed by atoms with E-state index in [1.807, 2.05) is 42.5 Å². The molecule has 5 nitrogen and oxygen atoms in total. The molecule has 0 fully saturated rings. The number of hydrogen-bond donors (Lipinski definition) is 0. The predicted octanol–water partition coefficient (Wildman–Crippen LogP) is 12.6. The summed E-state index contributed by atoms with van der Waals surface area (Å²) in [6.45, 7) is 0. The van der Waals surface area contributed by atoms with Crippen LogP contribution in [0, 0.1) is 0 Å². The molecule has 11 rings (SSSR count). The van der Waals surface area contributed by atoms with E-state index >= 15 is 0 Å². The van der Waals surface area contributed by atoms with Crippen molar-refractivity contribution in [3.63, 3.8) is 0 Å². The molecule has 52 heavy (non-hydrogen) atoms. The Kier molecular flexibility index (Phi) is 6.18. The van der Waals surface area contributed by atoms with Crippen molar-refractivity contribution in [1.82, 2.24) is 15.0 Å². The molecule has 0 saturated heterocycles. The highest BCUT2D eigenvalue weighted by molar-refractivity contribution is 6.16. The van der Waals surface area contributed by atoms with Crippen molar-refractivity contribution in [1.29, 1.82) is 0 Å². The normalized spacial score (nSPS) is 11.8. The number of hydrogen-bond acceptors (Lipinski definition) is 5. The third-order valence-corrected chi connectivity index (χ3v) is 10.1. The summed E-state index contributed by atoms with van der Waals surface area (Å²) in [4.78, 5) is 15.5. The number of para-hydroxylation sites is 2. The number of furan rings is 2. The molecule has 0 atom stereocenters. The molecule has 242 valence electrons. The van der Waals surface area contributed by atoms with E-state index < -0.39 is 0 Å². The second-order valence-electron chi connectivity index (χ2n) is 13.2. The zero-order valence-electron chi connectivity index (χ0n) is 27.7. The maximum Gasteiger partial charge on any atom is 0.164 e. The first-order chi connectivity index (χ1) is 25.7. The van der Waals surface area contributed by atoms with Crippen LogP contribution in [0.3, 0.4) is 0 Å². The maximum atomic E-state index is 6.68. The average Bonchev–Trinajstić information content (AvgIpc) is 3.79. The molecular formula is C47H27N3O2. The van der Waals surface area contributed by atoms with E-state index in [1.165, 1.54) is 10.8 Å². The fourth-order valence-electron chi connectivity index (χ4n) is 7.55. The molecule has 0 spiro atoms. The molecule has 0 radical (unpaired) electrons. The van der Waals surface area contributed by atoms with Gasteiger partial charge in [-0.1, -0.05) is 115 Å². The van der Waals surface area contributed by atoms with Crippen LogP contribution in [0.5, 0.6) is 0 Å². The van der Waals surface area contributed by atoms with Gasteiger partial charge < -0.3 is 8.83 Å². The monoisotopic (exact) mass is 665 g/mol. The minimum absolute atomic E-state index is 0.565. The largest absolute Gasteiger partial charge is 0.456 e. The Morgan fingerprint density at radius 1 is 0.327 bits per heavy atom. The first-order valence-electron chi connectivity index (χ1n) is 17.3. The Morgan fingerprint density at radius 3 is 1.60 bits per heavy atom. The Balaban J connectivity index is 1.16. The lowest BCUT2D eigenvalue weighted by atomic mass is 9.96. The van der Waals surface area contributed by atoms with E-state index in [9.17, 15) is 0 Å². The predicted molar refractivity (Wildman–Crippen MR) is 211 cm³/mol. The highest BCUT2D eigenvalue weighted by Crippen LogP contribution is 2.42. The van der Waals surface area contributed by atoms with Gasteiger partial charge in [0.05, 0.1) is 0 Å². The van der Waals surface area contributed by atoms with Crippen molar-refractivity contribution < 1.29 is 8.83 Å². The molecular weight excluding hydrogens is 639 g/mol. The quantitative estimate of drug-likeness (QED) is 0.187. The summed E-state index contributed by atoms with van der Waals surface area (Å²) < 4.78 is 13.0. The van der Waals surface area contributed by atoms with Crippen molar-refractivity contribution in [3.8, 4) is 45.3 Å². The topological polar surface area (TPSA) is 65.0 Å². The minimum atomic E-state index is 0.565. The van der Waals surface area contributed by atoms with Crippen LogP contribution in [0.4, 0.5) is 0 Å². The summed E-state index contributed by atoms with van der Waals surface area (Å²) >= 11 is 0. The van der Waals surface area contributed by atoms with Crippen molar-refractivity contribution >= 4 is 65.4 Å². The van der Waals surface area contributed by atoms with Crippen molar-refractivity contribution in [2.75, 3.05) is 0 Å². The molecule has 0 saturated carbocycles. The van der Waals surface area contributed by atoms with Crippen molar-refractivity contribution in [3.05, 3.63) is 164 Å². The van der Waals surface area contributed by atoms with Gasteiger partial charge in [-0.3, -0.25) is 0 Å². The lowest BCUT2D eigenvalue weighted by molar-refractivity contribution is 0.669. The molecule has 0 aliphatic carbocycles. The molecule has 5 heteroatoms. The van der Waals surface area contributed by atoms with Gasteiger partial charge in [-0.15, -0.1) is 0 Å². The highest BCUT2D eigenvalue weighted by Gasteiger charge is 2.21. The van der Waals surface area contributed by atoms with E-state index in [-0.39, 0.29) is 0 Å². The van der Waals surface area contributed by atoms with Gasteiger partial charge in [0.25, 0.3) is 0 Å². The third-order valence-electron chi connectivity index (χ3n) is 10.1. The van der Waals surface area contributed by atoms with Gasteiger partial charge in [0, 0.05) is 43.8 Å². The summed E-state index contributed by atoms with van der Waals surface area (Å²) in [6.07, 6.45) is 0. The SMILES string of the molecule is c1ccc2cc(-c3nc(-c4ccc5c(c4)oc4ccccc45)nc(-c4ccc(-c5ccc6ccccc6c5)c5oc6ccccc6c45)n3)ccc2c1. The van der Waals surface area contributed by atoms with Gasteiger partial charge >= 0.3 is 0 Å². The molecule has 0 amide bonds. The summed E-state index contributed by atoms with van der Waals surface area (Å²) in [5.74, 6) is 1.73. The van der Waals surface area contributed by atoms with Crippen LogP contribution >= 0.6 is 0 Å². The number of aromatic nitrogens is 3. The first kappa shape index (κ1) is 28.7. The number of nitrogens with zero attached hydrogens (tertiary/aromatic N) is 3. The molecule has 0 N–H and O–H groups in total. The standard InChI is InChI=1S/C47H27N3O2/c1-3-11-30-25-32(19-17-28(30)9-1)35-23-24-39(43-38-14-6-8-16-41(38)52-44(35)43)47-49-45(33-20-18-29-10-2-4-12-31(29)26-33)48-46(50-47)34-21-22-37-36-13-5-7-15-40(36)51-42(37)27-34/h1-27H. The molecule has 0 bridgehead atoms. The average molecular weight is 666 g/mol. The molecule has 3 aromatic heterocycles. The zero-order valence-corrected chi connectivity index (χ0v) is 27.7. The molecule has 0 aliphatic heterocycles.